The molecule has 5 heteroatoms. The number of carbonyl (C=O) groups excluding carboxylic acids is 1. The van der Waals surface area contributed by atoms with Crippen molar-refractivity contribution in [2.75, 3.05) is 12.4 Å². The molecule has 0 unspecified atom stereocenters. The van der Waals surface area contributed by atoms with Crippen LogP contribution in [-0.2, 0) is 0 Å². The van der Waals surface area contributed by atoms with Gasteiger partial charge in [0, 0.05) is 30.4 Å². The standard InChI is InChI=1S/C13H19ClN2O2/c1-10-8-12(17)11(9-16-10)13(18)15-7-5-3-2-4-6-14/h8-9H,2-7H2,1H3,(H,15,18)(H,16,17). The predicted molar refractivity (Wildman–Crippen MR) is 73.3 cm³/mol. The van der Waals surface area contributed by atoms with Crippen LogP contribution in [0.25, 0.3) is 0 Å². The molecule has 0 bridgehead atoms. The molecule has 0 aliphatic carbocycles. The summed E-state index contributed by atoms with van der Waals surface area (Å²) in [4.78, 5) is 26.1. The van der Waals surface area contributed by atoms with E-state index >= 15 is 0 Å². The van der Waals surface area contributed by atoms with Crippen LogP contribution in [0.3, 0.4) is 0 Å². The highest BCUT2D eigenvalue weighted by molar-refractivity contribution is 6.17. The lowest BCUT2D eigenvalue weighted by molar-refractivity contribution is 0.0951. The first-order valence-corrected chi connectivity index (χ1v) is 6.72. The number of H-pyrrole nitrogens is 1. The Morgan fingerprint density at radius 3 is 2.72 bits per heavy atom. The summed E-state index contributed by atoms with van der Waals surface area (Å²) in [7, 11) is 0. The first kappa shape index (κ1) is 14.8. The highest BCUT2D eigenvalue weighted by atomic mass is 35.5. The summed E-state index contributed by atoms with van der Waals surface area (Å²) in [5, 5.41) is 2.74. The minimum atomic E-state index is -0.311. The van der Waals surface area contributed by atoms with Gasteiger partial charge in [-0.25, -0.2) is 0 Å². The fourth-order valence-corrected chi connectivity index (χ4v) is 1.81. The minimum absolute atomic E-state index is 0.168. The van der Waals surface area contributed by atoms with Gasteiger partial charge in [0.1, 0.15) is 5.56 Å². The average Bonchev–Trinajstić information content (AvgIpc) is 2.33. The van der Waals surface area contributed by atoms with Crippen molar-refractivity contribution in [1.29, 1.82) is 0 Å². The van der Waals surface area contributed by atoms with E-state index in [0.29, 0.717) is 12.4 Å². The summed E-state index contributed by atoms with van der Waals surface area (Å²) in [6.45, 7) is 2.37. The Morgan fingerprint density at radius 2 is 2.06 bits per heavy atom. The second-order valence-corrected chi connectivity index (χ2v) is 4.63. The van der Waals surface area contributed by atoms with Crippen molar-refractivity contribution < 1.29 is 4.79 Å². The normalized spacial score (nSPS) is 10.3. The summed E-state index contributed by atoms with van der Waals surface area (Å²) in [6, 6.07) is 1.43. The molecule has 1 amide bonds. The molecule has 1 aromatic rings. The van der Waals surface area contributed by atoms with E-state index in [2.05, 4.69) is 10.3 Å². The molecule has 0 fully saturated rings. The number of aromatic nitrogens is 1. The van der Waals surface area contributed by atoms with Gasteiger partial charge < -0.3 is 10.3 Å². The Morgan fingerprint density at radius 1 is 1.33 bits per heavy atom. The Labute approximate surface area is 112 Å². The van der Waals surface area contributed by atoms with Crippen LogP contribution >= 0.6 is 11.6 Å². The molecule has 100 valence electrons. The van der Waals surface area contributed by atoms with Crippen LogP contribution in [0.2, 0.25) is 0 Å². The SMILES string of the molecule is Cc1cc(=O)c(C(=O)NCCCCCCCl)c[nH]1. The summed E-state index contributed by atoms with van der Waals surface area (Å²) in [6.07, 6.45) is 5.49. The van der Waals surface area contributed by atoms with Crippen molar-refractivity contribution in [3.8, 4) is 0 Å². The van der Waals surface area contributed by atoms with Gasteiger partial charge in [0.15, 0.2) is 5.43 Å². The molecular weight excluding hydrogens is 252 g/mol. The third kappa shape index (κ3) is 4.92. The Kier molecular flexibility index (Phi) is 6.50. The van der Waals surface area contributed by atoms with Crippen LogP contribution in [0.4, 0.5) is 0 Å². The topological polar surface area (TPSA) is 62.0 Å². The van der Waals surface area contributed by atoms with Crippen molar-refractivity contribution in [3.05, 3.63) is 33.7 Å². The molecule has 0 aliphatic heterocycles. The lowest BCUT2D eigenvalue weighted by atomic mass is 10.2. The summed E-state index contributed by atoms with van der Waals surface area (Å²) in [5.74, 6) is 0.374. The van der Waals surface area contributed by atoms with Gasteiger partial charge >= 0.3 is 0 Å². The van der Waals surface area contributed by atoms with Crippen LogP contribution in [0, 0.1) is 6.92 Å². The van der Waals surface area contributed by atoms with Crippen LogP contribution in [-0.4, -0.2) is 23.3 Å². The van der Waals surface area contributed by atoms with E-state index in [1.54, 1.807) is 6.92 Å². The Hall–Kier alpha value is -1.29. The molecule has 1 rings (SSSR count). The molecular formula is C13H19ClN2O2. The molecule has 1 aromatic heterocycles. The zero-order valence-corrected chi connectivity index (χ0v) is 11.3. The van der Waals surface area contributed by atoms with E-state index in [4.69, 9.17) is 11.6 Å². The molecule has 4 nitrogen and oxygen atoms in total. The molecule has 1 heterocycles. The van der Waals surface area contributed by atoms with Crippen molar-refractivity contribution in [3.63, 3.8) is 0 Å². The molecule has 0 aliphatic rings. The van der Waals surface area contributed by atoms with Gasteiger partial charge in [-0.05, 0) is 19.8 Å². The van der Waals surface area contributed by atoms with Crippen molar-refractivity contribution >= 4 is 17.5 Å². The fraction of sp³-hybridized carbons (Fsp3) is 0.538. The predicted octanol–water partition coefficient (Wildman–Crippen LogP) is 2.21. The van der Waals surface area contributed by atoms with Crippen LogP contribution < -0.4 is 10.7 Å². The molecule has 0 atom stereocenters. The number of halogens is 1. The molecule has 0 radical (unpaired) electrons. The molecule has 0 aromatic carbocycles. The minimum Gasteiger partial charge on any atom is -0.364 e. The van der Waals surface area contributed by atoms with Gasteiger partial charge in [0.2, 0.25) is 0 Å². The zero-order valence-electron chi connectivity index (χ0n) is 10.6. The highest BCUT2D eigenvalue weighted by Gasteiger charge is 2.08. The molecule has 2 N–H and O–H groups in total. The Bertz CT molecular complexity index is 443. The molecule has 0 saturated heterocycles. The lowest BCUT2D eigenvalue weighted by Crippen LogP contribution is -2.29. The van der Waals surface area contributed by atoms with Crippen molar-refractivity contribution in [1.82, 2.24) is 10.3 Å². The molecule has 0 spiro atoms. The largest absolute Gasteiger partial charge is 0.364 e. The van der Waals surface area contributed by atoms with Gasteiger partial charge in [-0.1, -0.05) is 12.8 Å². The zero-order chi connectivity index (χ0) is 13.4. The summed E-state index contributed by atoms with van der Waals surface area (Å²) < 4.78 is 0. The fourth-order valence-electron chi connectivity index (χ4n) is 1.62. The quantitative estimate of drug-likeness (QED) is 0.589. The third-order valence-electron chi connectivity index (χ3n) is 2.65. The smallest absolute Gasteiger partial charge is 0.256 e. The molecule has 0 saturated carbocycles. The summed E-state index contributed by atoms with van der Waals surface area (Å²) >= 11 is 5.57. The maximum absolute atomic E-state index is 11.7. The summed E-state index contributed by atoms with van der Waals surface area (Å²) in [5.41, 5.74) is 0.671. The third-order valence-corrected chi connectivity index (χ3v) is 2.92. The van der Waals surface area contributed by atoms with Gasteiger partial charge in [-0.2, -0.15) is 0 Å². The van der Waals surface area contributed by atoms with Crippen molar-refractivity contribution in [2.24, 2.45) is 0 Å². The van der Waals surface area contributed by atoms with Crippen LogP contribution in [0.5, 0.6) is 0 Å². The van der Waals surface area contributed by atoms with Gasteiger partial charge in [-0.15, -0.1) is 11.6 Å². The van der Waals surface area contributed by atoms with E-state index in [9.17, 15) is 9.59 Å². The number of nitrogens with one attached hydrogen (secondary N) is 2. The number of carbonyl (C=O) groups is 1. The first-order valence-electron chi connectivity index (χ1n) is 6.18. The van der Waals surface area contributed by atoms with E-state index in [0.717, 1.165) is 31.4 Å². The van der Waals surface area contributed by atoms with E-state index < -0.39 is 0 Å². The maximum Gasteiger partial charge on any atom is 0.256 e. The number of amides is 1. The van der Waals surface area contributed by atoms with Gasteiger partial charge in [-0.3, -0.25) is 9.59 Å². The van der Waals surface area contributed by atoms with Crippen LogP contribution in [0.1, 0.15) is 41.7 Å². The number of pyridine rings is 1. The van der Waals surface area contributed by atoms with E-state index in [-0.39, 0.29) is 16.9 Å². The number of rotatable bonds is 7. The lowest BCUT2D eigenvalue weighted by Gasteiger charge is -2.04. The van der Waals surface area contributed by atoms with Gasteiger partial charge in [0.05, 0.1) is 0 Å². The number of hydrogen-bond donors (Lipinski definition) is 2. The second-order valence-electron chi connectivity index (χ2n) is 4.25. The number of unbranched alkanes of at least 4 members (excludes halogenated alkanes) is 3. The van der Waals surface area contributed by atoms with E-state index in [1.165, 1.54) is 12.3 Å². The number of alkyl halides is 1. The number of aromatic amines is 1. The number of aryl methyl sites for hydroxylation is 1. The van der Waals surface area contributed by atoms with Crippen LogP contribution in [0.15, 0.2) is 17.1 Å². The van der Waals surface area contributed by atoms with Crippen molar-refractivity contribution in [2.45, 2.75) is 32.6 Å². The maximum atomic E-state index is 11.7. The first-order chi connectivity index (χ1) is 8.65. The molecule has 18 heavy (non-hydrogen) atoms. The average molecular weight is 271 g/mol. The number of hydrogen-bond acceptors (Lipinski definition) is 2. The Balaban J connectivity index is 2.34. The highest BCUT2D eigenvalue weighted by Crippen LogP contribution is 2.00. The second kappa shape index (κ2) is 7.93. The monoisotopic (exact) mass is 270 g/mol. The van der Waals surface area contributed by atoms with E-state index in [1.807, 2.05) is 0 Å². The van der Waals surface area contributed by atoms with Gasteiger partial charge in [0.25, 0.3) is 5.91 Å².